The molecule has 0 aliphatic heterocycles. The molecule has 34 heavy (non-hydrogen) atoms. The highest BCUT2D eigenvalue weighted by Gasteiger charge is 2.20. The quantitative estimate of drug-likeness (QED) is 0.363. The van der Waals surface area contributed by atoms with Crippen molar-refractivity contribution in [2.75, 3.05) is 7.11 Å². The molecule has 0 saturated heterocycles. The van der Waals surface area contributed by atoms with E-state index in [9.17, 15) is 9.18 Å². The standard InChI is InChI=1S/C27H21FN4O2/c1-34-21-13-9-18(10-14-21)23-15-22(27(33)29-16-17-7-11-20(28)12-8-17)24-25(31-32-26(24)30-23)19-5-3-2-4-6-19/h2-15H,16H2,1H3,(H,29,33)(H,30,31,32). The molecule has 3 aromatic carbocycles. The summed E-state index contributed by atoms with van der Waals surface area (Å²) in [4.78, 5) is 18.1. The van der Waals surface area contributed by atoms with Crippen LogP contribution in [0.2, 0.25) is 0 Å². The van der Waals surface area contributed by atoms with Gasteiger partial charge in [-0.1, -0.05) is 42.5 Å². The minimum atomic E-state index is -0.319. The van der Waals surface area contributed by atoms with Crippen molar-refractivity contribution in [3.05, 3.63) is 102 Å². The van der Waals surface area contributed by atoms with Crippen molar-refractivity contribution in [3.63, 3.8) is 0 Å². The Hall–Kier alpha value is -4.52. The van der Waals surface area contributed by atoms with Gasteiger partial charge >= 0.3 is 0 Å². The Morgan fingerprint density at radius 3 is 2.41 bits per heavy atom. The lowest BCUT2D eigenvalue weighted by Crippen LogP contribution is -2.23. The van der Waals surface area contributed by atoms with Gasteiger partial charge in [-0.15, -0.1) is 0 Å². The number of carbonyl (C=O) groups excluding carboxylic acids is 1. The zero-order valence-electron chi connectivity index (χ0n) is 18.4. The maximum absolute atomic E-state index is 13.4. The van der Waals surface area contributed by atoms with Gasteiger partial charge < -0.3 is 10.1 Å². The molecule has 168 valence electrons. The van der Waals surface area contributed by atoms with Gasteiger partial charge in [0.25, 0.3) is 5.91 Å². The van der Waals surface area contributed by atoms with Crippen LogP contribution in [0.5, 0.6) is 5.75 Å². The molecule has 0 saturated carbocycles. The predicted molar refractivity (Wildman–Crippen MR) is 129 cm³/mol. The zero-order valence-corrected chi connectivity index (χ0v) is 18.4. The van der Waals surface area contributed by atoms with Gasteiger partial charge in [0, 0.05) is 17.7 Å². The summed E-state index contributed by atoms with van der Waals surface area (Å²) < 4.78 is 18.5. The third-order valence-electron chi connectivity index (χ3n) is 5.58. The van der Waals surface area contributed by atoms with Crippen LogP contribution in [-0.4, -0.2) is 28.2 Å². The van der Waals surface area contributed by atoms with E-state index in [4.69, 9.17) is 9.72 Å². The van der Waals surface area contributed by atoms with Crippen molar-refractivity contribution < 1.29 is 13.9 Å². The predicted octanol–water partition coefficient (Wildman–Crippen LogP) is 5.37. The second-order valence-corrected chi connectivity index (χ2v) is 7.76. The fourth-order valence-corrected chi connectivity index (χ4v) is 3.81. The van der Waals surface area contributed by atoms with E-state index in [1.807, 2.05) is 54.6 Å². The highest BCUT2D eigenvalue weighted by atomic mass is 19.1. The van der Waals surface area contributed by atoms with E-state index >= 15 is 0 Å². The van der Waals surface area contributed by atoms with Crippen molar-refractivity contribution in [1.29, 1.82) is 0 Å². The van der Waals surface area contributed by atoms with E-state index in [0.29, 0.717) is 22.3 Å². The Bertz CT molecular complexity index is 1450. The van der Waals surface area contributed by atoms with Crippen LogP contribution in [0, 0.1) is 5.82 Å². The number of nitrogens with zero attached hydrogens (tertiary/aromatic N) is 2. The number of amides is 1. The van der Waals surface area contributed by atoms with E-state index < -0.39 is 0 Å². The van der Waals surface area contributed by atoms with Crippen LogP contribution in [0.25, 0.3) is 33.5 Å². The normalized spacial score (nSPS) is 10.9. The molecule has 0 radical (unpaired) electrons. The molecule has 0 aliphatic carbocycles. The van der Waals surface area contributed by atoms with Crippen molar-refractivity contribution in [2.45, 2.75) is 6.54 Å². The number of aromatic amines is 1. The third kappa shape index (κ3) is 4.23. The summed E-state index contributed by atoms with van der Waals surface area (Å²) >= 11 is 0. The Balaban J connectivity index is 1.58. The second-order valence-electron chi connectivity index (χ2n) is 7.76. The topological polar surface area (TPSA) is 79.9 Å². The fraction of sp³-hybridized carbons (Fsp3) is 0.0741. The van der Waals surface area contributed by atoms with Gasteiger partial charge in [0.2, 0.25) is 0 Å². The monoisotopic (exact) mass is 452 g/mol. The number of hydrogen-bond acceptors (Lipinski definition) is 4. The Labute approximate surface area is 195 Å². The number of aromatic nitrogens is 3. The molecule has 0 bridgehead atoms. The average molecular weight is 452 g/mol. The van der Waals surface area contributed by atoms with Gasteiger partial charge in [-0.3, -0.25) is 9.89 Å². The van der Waals surface area contributed by atoms with Crippen molar-refractivity contribution in [1.82, 2.24) is 20.5 Å². The van der Waals surface area contributed by atoms with Crippen LogP contribution in [0.15, 0.2) is 84.9 Å². The van der Waals surface area contributed by atoms with Crippen molar-refractivity contribution in [2.24, 2.45) is 0 Å². The van der Waals surface area contributed by atoms with Gasteiger partial charge in [0.1, 0.15) is 11.6 Å². The lowest BCUT2D eigenvalue weighted by molar-refractivity contribution is 0.0952. The summed E-state index contributed by atoms with van der Waals surface area (Å²) in [5, 5.41) is 11.0. The summed E-state index contributed by atoms with van der Waals surface area (Å²) in [6.45, 7) is 0.263. The summed E-state index contributed by atoms with van der Waals surface area (Å²) in [6.07, 6.45) is 0. The minimum Gasteiger partial charge on any atom is -0.497 e. The Kier molecular flexibility index (Phi) is 5.74. The molecule has 0 unspecified atom stereocenters. The number of carbonyl (C=O) groups is 1. The van der Waals surface area contributed by atoms with Crippen LogP contribution in [0.4, 0.5) is 4.39 Å². The number of rotatable bonds is 6. The van der Waals surface area contributed by atoms with Gasteiger partial charge in [-0.05, 0) is 48.0 Å². The zero-order chi connectivity index (χ0) is 23.5. The van der Waals surface area contributed by atoms with Crippen LogP contribution in [-0.2, 0) is 6.54 Å². The van der Waals surface area contributed by atoms with Crippen LogP contribution in [0.1, 0.15) is 15.9 Å². The summed E-state index contributed by atoms with van der Waals surface area (Å²) in [5.41, 5.74) is 4.76. The molecule has 2 heterocycles. The molecule has 2 aromatic heterocycles. The van der Waals surface area contributed by atoms with E-state index in [2.05, 4.69) is 15.5 Å². The van der Waals surface area contributed by atoms with E-state index in [1.165, 1.54) is 12.1 Å². The first-order valence-electron chi connectivity index (χ1n) is 10.7. The SMILES string of the molecule is COc1ccc(-c2cc(C(=O)NCc3ccc(F)cc3)c3c(-c4ccccc4)[nH]nc3n2)cc1. The number of methoxy groups -OCH3 is 1. The number of nitrogens with one attached hydrogen (secondary N) is 2. The summed E-state index contributed by atoms with van der Waals surface area (Å²) in [5.74, 6) is 0.138. The highest BCUT2D eigenvalue weighted by molar-refractivity contribution is 6.10. The Morgan fingerprint density at radius 1 is 0.971 bits per heavy atom. The number of pyridine rings is 1. The fourth-order valence-electron chi connectivity index (χ4n) is 3.81. The van der Waals surface area contributed by atoms with Gasteiger partial charge in [-0.25, -0.2) is 9.37 Å². The Morgan fingerprint density at radius 2 is 1.71 bits per heavy atom. The van der Waals surface area contributed by atoms with Crippen LogP contribution in [0.3, 0.4) is 0 Å². The number of H-pyrrole nitrogens is 1. The molecular weight excluding hydrogens is 431 g/mol. The molecule has 1 amide bonds. The first-order valence-corrected chi connectivity index (χ1v) is 10.7. The first-order chi connectivity index (χ1) is 16.6. The van der Waals surface area contributed by atoms with Crippen molar-refractivity contribution in [3.8, 4) is 28.3 Å². The second kappa shape index (κ2) is 9.15. The third-order valence-corrected chi connectivity index (χ3v) is 5.58. The van der Waals surface area contributed by atoms with Crippen LogP contribution < -0.4 is 10.1 Å². The number of ether oxygens (including phenoxy) is 1. The molecule has 0 atom stereocenters. The van der Waals surface area contributed by atoms with E-state index in [1.54, 1.807) is 25.3 Å². The largest absolute Gasteiger partial charge is 0.497 e. The average Bonchev–Trinajstić information content (AvgIpc) is 3.32. The molecule has 0 fully saturated rings. The number of hydrogen-bond donors (Lipinski definition) is 2. The van der Waals surface area contributed by atoms with Crippen LogP contribution >= 0.6 is 0 Å². The highest BCUT2D eigenvalue weighted by Crippen LogP contribution is 2.32. The molecule has 2 N–H and O–H groups in total. The maximum Gasteiger partial charge on any atom is 0.252 e. The van der Waals surface area contributed by atoms with E-state index in [-0.39, 0.29) is 18.3 Å². The molecule has 5 rings (SSSR count). The van der Waals surface area contributed by atoms with E-state index in [0.717, 1.165) is 28.1 Å². The minimum absolute atomic E-state index is 0.263. The van der Waals surface area contributed by atoms with Gasteiger partial charge in [0.05, 0.1) is 29.4 Å². The molecule has 7 heteroatoms. The molecule has 0 aliphatic rings. The lowest BCUT2D eigenvalue weighted by Gasteiger charge is -2.10. The molecular formula is C27H21FN4O2. The lowest BCUT2D eigenvalue weighted by atomic mass is 10.0. The molecule has 5 aromatic rings. The molecule has 6 nitrogen and oxygen atoms in total. The maximum atomic E-state index is 13.4. The van der Waals surface area contributed by atoms with Crippen molar-refractivity contribution >= 4 is 16.9 Å². The first kappa shape index (κ1) is 21.3. The summed E-state index contributed by atoms with van der Waals surface area (Å²) in [7, 11) is 1.61. The number of benzene rings is 3. The number of fused-ring (bicyclic) bond motifs is 1. The van der Waals surface area contributed by atoms with Gasteiger partial charge in [0.15, 0.2) is 5.65 Å². The molecule has 0 spiro atoms. The smallest absolute Gasteiger partial charge is 0.252 e. The van der Waals surface area contributed by atoms with Gasteiger partial charge in [-0.2, -0.15) is 5.10 Å². The number of halogens is 1. The summed E-state index contributed by atoms with van der Waals surface area (Å²) in [6, 6.07) is 24.9.